The molecular formula is C16H19N7O3. The Balaban J connectivity index is 1.63. The molecule has 3 rings (SSSR count). The van der Waals surface area contributed by atoms with Crippen molar-refractivity contribution in [1.82, 2.24) is 30.7 Å². The van der Waals surface area contributed by atoms with Crippen LogP contribution in [0.4, 0.5) is 10.5 Å². The Morgan fingerprint density at radius 2 is 2.19 bits per heavy atom. The number of methoxy groups -OCH3 is 1. The van der Waals surface area contributed by atoms with Gasteiger partial charge in [0.25, 0.3) is 0 Å². The third kappa shape index (κ3) is 4.35. The van der Waals surface area contributed by atoms with Crippen LogP contribution in [-0.2, 0) is 13.0 Å². The van der Waals surface area contributed by atoms with Crippen molar-refractivity contribution in [3.05, 3.63) is 42.0 Å². The molecule has 3 aromatic rings. The Labute approximate surface area is 149 Å². The highest BCUT2D eigenvalue weighted by molar-refractivity contribution is 5.89. The SMILES string of the molecule is CCCc1cc(CNC(=O)Nc2cc(OC)cc(-n3cnnn3)c2)on1. The lowest BCUT2D eigenvalue weighted by molar-refractivity contribution is 0.250. The maximum atomic E-state index is 12.1. The maximum absolute atomic E-state index is 12.1. The number of anilines is 1. The molecule has 26 heavy (non-hydrogen) atoms. The number of nitrogens with zero attached hydrogens (tertiary/aromatic N) is 5. The van der Waals surface area contributed by atoms with E-state index in [1.165, 1.54) is 11.0 Å². The number of hydrogen-bond donors (Lipinski definition) is 2. The highest BCUT2D eigenvalue weighted by atomic mass is 16.5. The minimum absolute atomic E-state index is 0.242. The number of rotatable bonds is 7. The fourth-order valence-corrected chi connectivity index (χ4v) is 2.34. The largest absolute Gasteiger partial charge is 0.497 e. The van der Waals surface area contributed by atoms with E-state index in [0.717, 1.165) is 18.5 Å². The first-order chi connectivity index (χ1) is 12.7. The van der Waals surface area contributed by atoms with Gasteiger partial charge in [-0.2, -0.15) is 0 Å². The van der Waals surface area contributed by atoms with Gasteiger partial charge in [-0.3, -0.25) is 0 Å². The molecular weight excluding hydrogens is 338 g/mol. The summed E-state index contributed by atoms with van der Waals surface area (Å²) >= 11 is 0. The molecule has 1 aromatic carbocycles. The molecule has 2 amide bonds. The summed E-state index contributed by atoms with van der Waals surface area (Å²) < 4.78 is 11.9. The van der Waals surface area contributed by atoms with Crippen molar-refractivity contribution in [3.8, 4) is 11.4 Å². The van der Waals surface area contributed by atoms with Crippen LogP contribution < -0.4 is 15.4 Å². The standard InChI is InChI=1S/C16H19N7O3/c1-3-4-11-6-15(26-20-11)9-17-16(24)19-12-5-13(8-14(7-12)25-2)23-10-18-21-22-23/h5-8,10H,3-4,9H2,1-2H3,(H2,17,19,24). The first-order valence-corrected chi connectivity index (χ1v) is 8.09. The number of ether oxygens (including phenoxy) is 1. The Morgan fingerprint density at radius 3 is 2.92 bits per heavy atom. The molecule has 136 valence electrons. The predicted octanol–water partition coefficient (Wildman–Crippen LogP) is 1.93. The van der Waals surface area contributed by atoms with Crippen LogP contribution in [0.2, 0.25) is 0 Å². The fourth-order valence-electron chi connectivity index (χ4n) is 2.34. The zero-order valence-corrected chi connectivity index (χ0v) is 14.5. The second-order valence-corrected chi connectivity index (χ2v) is 5.52. The molecule has 10 nitrogen and oxygen atoms in total. The molecule has 2 aromatic heterocycles. The lowest BCUT2D eigenvalue weighted by atomic mass is 10.2. The van der Waals surface area contributed by atoms with Crippen LogP contribution in [-0.4, -0.2) is 38.5 Å². The average molecular weight is 357 g/mol. The number of aryl methyl sites for hydroxylation is 1. The maximum Gasteiger partial charge on any atom is 0.319 e. The number of hydrogen-bond acceptors (Lipinski definition) is 7. The number of carbonyl (C=O) groups is 1. The van der Waals surface area contributed by atoms with Gasteiger partial charge in [0, 0.05) is 23.9 Å². The van der Waals surface area contributed by atoms with Gasteiger partial charge in [0.15, 0.2) is 5.76 Å². The third-order valence-electron chi connectivity index (χ3n) is 3.54. The van der Waals surface area contributed by atoms with Crippen molar-refractivity contribution < 1.29 is 14.1 Å². The van der Waals surface area contributed by atoms with Crippen LogP contribution in [0.1, 0.15) is 24.8 Å². The van der Waals surface area contributed by atoms with Crippen LogP contribution in [0.5, 0.6) is 5.75 Å². The summed E-state index contributed by atoms with van der Waals surface area (Å²) in [4.78, 5) is 12.1. The van der Waals surface area contributed by atoms with Gasteiger partial charge < -0.3 is 19.9 Å². The quantitative estimate of drug-likeness (QED) is 0.663. The van der Waals surface area contributed by atoms with Crippen LogP contribution in [0.25, 0.3) is 5.69 Å². The molecule has 0 radical (unpaired) electrons. The van der Waals surface area contributed by atoms with Gasteiger partial charge in [-0.25, -0.2) is 9.48 Å². The number of amides is 2. The molecule has 0 aliphatic rings. The van der Waals surface area contributed by atoms with E-state index < -0.39 is 0 Å². The number of benzene rings is 1. The van der Waals surface area contributed by atoms with Crippen molar-refractivity contribution in [2.24, 2.45) is 0 Å². The van der Waals surface area contributed by atoms with Gasteiger partial charge >= 0.3 is 6.03 Å². The van der Waals surface area contributed by atoms with E-state index in [1.54, 1.807) is 25.3 Å². The van der Waals surface area contributed by atoms with Gasteiger partial charge in [-0.15, -0.1) is 5.10 Å². The number of nitrogens with one attached hydrogen (secondary N) is 2. The summed E-state index contributed by atoms with van der Waals surface area (Å²) in [5, 5.41) is 20.4. The number of urea groups is 1. The third-order valence-corrected chi connectivity index (χ3v) is 3.54. The summed E-state index contributed by atoms with van der Waals surface area (Å²) in [6.45, 7) is 2.31. The minimum Gasteiger partial charge on any atom is -0.497 e. The molecule has 2 heterocycles. The molecule has 10 heteroatoms. The molecule has 0 saturated carbocycles. The molecule has 0 aliphatic carbocycles. The number of carbonyl (C=O) groups excluding carboxylic acids is 1. The molecule has 0 bridgehead atoms. The summed E-state index contributed by atoms with van der Waals surface area (Å²) in [7, 11) is 1.54. The minimum atomic E-state index is -0.380. The van der Waals surface area contributed by atoms with E-state index in [-0.39, 0.29) is 12.6 Å². The monoisotopic (exact) mass is 357 g/mol. The second kappa shape index (κ2) is 8.10. The smallest absolute Gasteiger partial charge is 0.319 e. The van der Waals surface area contributed by atoms with Gasteiger partial charge in [0.2, 0.25) is 0 Å². The summed E-state index contributed by atoms with van der Waals surface area (Å²) in [5.41, 5.74) is 2.07. The highest BCUT2D eigenvalue weighted by Crippen LogP contribution is 2.22. The molecule has 2 N–H and O–H groups in total. The zero-order valence-electron chi connectivity index (χ0n) is 14.5. The molecule has 0 fully saturated rings. The Morgan fingerprint density at radius 1 is 1.31 bits per heavy atom. The second-order valence-electron chi connectivity index (χ2n) is 5.52. The molecule has 0 atom stereocenters. The lowest BCUT2D eigenvalue weighted by Gasteiger charge is -2.10. The molecule has 0 spiro atoms. The first-order valence-electron chi connectivity index (χ1n) is 8.09. The molecule has 0 aliphatic heterocycles. The van der Waals surface area contributed by atoms with E-state index in [4.69, 9.17) is 9.26 Å². The summed E-state index contributed by atoms with van der Waals surface area (Å²) in [6, 6.07) is 6.64. The van der Waals surface area contributed by atoms with Gasteiger partial charge in [-0.1, -0.05) is 18.5 Å². The van der Waals surface area contributed by atoms with Crippen molar-refractivity contribution in [3.63, 3.8) is 0 Å². The number of aromatic nitrogens is 5. The van der Waals surface area contributed by atoms with Crippen LogP contribution in [0.15, 0.2) is 35.1 Å². The Bertz CT molecular complexity index is 861. The van der Waals surface area contributed by atoms with E-state index >= 15 is 0 Å². The lowest BCUT2D eigenvalue weighted by Crippen LogP contribution is -2.28. The number of tetrazole rings is 1. The summed E-state index contributed by atoms with van der Waals surface area (Å²) in [5.74, 6) is 1.16. The highest BCUT2D eigenvalue weighted by Gasteiger charge is 2.09. The fraction of sp³-hybridized carbons (Fsp3) is 0.312. The van der Waals surface area contributed by atoms with Crippen molar-refractivity contribution >= 4 is 11.7 Å². The van der Waals surface area contributed by atoms with Gasteiger partial charge in [0.05, 0.1) is 25.0 Å². The van der Waals surface area contributed by atoms with Crippen molar-refractivity contribution in [2.75, 3.05) is 12.4 Å². The van der Waals surface area contributed by atoms with Crippen LogP contribution in [0, 0.1) is 0 Å². The Hall–Kier alpha value is -3.43. The Kier molecular flexibility index (Phi) is 5.42. The van der Waals surface area contributed by atoms with Crippen LogP contribution in [0.3, 0.4) is 0 Å². The van der Waals surface area contributed by atoms with Crippen molar-refractivity contribution in [2.45, 2.75) is 26.3 Å². The van der Waals surface area contributed by atoms with Gasteiger partial charge in [-0.05, 0) is 22.9 Å². The summed E-state index contributed by atoms with van der Waals surface area (Å²) in [6.07, 6.45) is 3.29. The average Bonchev–Trinajstić information content (AvgIpc) is 3.32. The van der Waals surface area contributed by atoms with Crippen molar-refractivity contribution in [1.29, 1.82) is 0 Å². The van der Waals surface area contributed by atoms with E-state index in [1.807, 2.05) is 6.07 Å². The molecule has 0 saturated heterocycles. The van der Waals surface area contributed by atoms with E-state index in [9.17, 15) is 4.79 Å². The molecule has 0 unspecified atom stereocenters. The van der Waals surface area contributed by atoms with Gasteiger partial charge in [0.1, 0.15) is 12.1 Å². The normalized spacial score (nSPS) is 10.5. The van der Waals surface area contributed by atoms with E-state index in [2.05, 4.69) is 38.2 Å². The van der Waals surface area contributed by atoms with E-state index in [0.29, 0.717) is 22.9 Å². The predicted molar refractivity (Wildman–Crippen MR) is 92.1 cm³/mol. The zero-order chi connectivity index (χ0) is 18.4. The topological polar surface area (TPSA) is 120 Å². The van der Waals surface area contributed by atoms with Crippen LogP contribution >= 0.6 is 0 Å². The first kappa shape index (κ1) is 17.4.